The van der Waals surface area contributed by atoms with Gasteiger partial charge in [-0.25, -0.2) is 14.2 Å². The Balaban J connectivity index is 2.26. The van der Waals surface area contributed by atoms with Crippen molar-refractivity contribution in [1.82, 2.24) is 9.55 Å². The number of aromatic nitrogens is 2. The molecule has 1 aromatic heterocycles. The Morgan fingerprint density at radius 1 is 1.38 bits per heavy atom. The minimum Gasteiger partial charge on any atom is -0.476 e. The summed E-state index contributed by atoms with van der Waals surface area (Å²) in [5.74, 6) is -1.91. The number of hydrogen-bond acceptors (Lipinski definition) is 5. The Morgan fingerprint density at radius 2 is 2.06 bits per heavy atom. The Hall–Kier alpha value is -2.93. The topological polar surface area (TPSA) is 100 Å². The number of nitrogens with zero attached hydrogens (tertiary/aromatic N) is 3. The molecular formula is C22H19BrClFN4O3. The average Bonchev–Trinajstić information content (AvgIpc) is 3.12. The molecule has 10 heteroatoms. The van der Waals surface area contributed by atoms with Gasteiger partial charge in [0.1, 0.15) is 0 Å². The maximum absolute atomic E-state index is 14.8. The van der Waals surface area contributed by atoms with Crippen LogP contribution in [0.15, 0.2) is 47.2 Å². The lowest BCUT2D eigenvalue weighted by Crippen LogP contribution is -2.23. The predicted octanol–water partition coefficient (Wildman–Crippen LogP) is 5.42. The standard InChI is InChI=1S/C22H19BrClFN4O3/c1-12(11-32-2)29-20(19(21(30)31)28-22(29)23)18(14-8-6-13(10-26)7-9-14)27-16-5-3-4-15(24)17(16)25/h3-9,12,18,27H,11H2,1-2H3,(H,30,31). The average molecular weight is 522 g/mol. The highest BCUT2D eigenvalue weighted by Gasteiger charge is 2.31. The fourth-order valence-electron chi connectivity index (χ4n) is 3.42. The fourth-order valence-corrected chi connectivity index (χ4v) is 4.31. The lowest BCUT2D eigenvalue weighted by Gasteiger charge is -2.26. The highest BCUT2D eigenvalue weighted by atomic mass is 79.9. The molecule has 3 aromatic rings. The number of halogens is 3. The maximum atomic E-state index is 14.8. The number of nitriles is 1. The van der Waals surface area contributed by atoms with Crippen LogP contribution in [-0.2, 0) is 4.74 Å². The molecule has 0 saturated heterocycles. The number of methoxy groups -OCH3 is 1. The molecule has 32 heavy (non-hydrogen) atoms. The summed E-state index contributed by atoms with van der Waals surface area (Å²) in [6.45, 7) is 2.13. The summed E-state index contributed by atoms with van der Waals surface area (Å²) >= 11 is 9.30. The molecule has 0 saturated carbocycles. The molecule has 166 valence electrons. The molecule has 2 aromatic carbocycles. The second kappa shape index (κ2) is 10.1. The van der Waals surface area contributed by atoms with Crippen LogP contribution in [0.5, 0.6) is 0 Å². The number of imidazole rings is 1. The normalized spacial score (nSPS) is 12.8. The lowest BCUT2D eigenvalue weighted by atomic mass is 9.99. The Bertz CT molecular complexity index is 1180. The molecule has 7 nitrogen and oxygen atoms in total. The minimum atomic E-state index is -1.24. The van der Waals surface area contributed by atoms with Gasteiger partial charge in [-0.15, -0.1) is 0 Å². The molecule has 0 bridgehead atoms. The van der Waals surface area contributed by atoms with Crippen LogP contribution < -0.4 is 5.32 Å². The second-order valence-corrected chi connectivity index (χ2v) is 8.12. The molecule has 0 aliphatic carbocycles. The monoisotopic (exact) mass is 520 g/mol. The number of aromatic carboxylic acids is 1. The number of carbonyl (C=O) groups is 1. The van der Waals surface area contributed by atoms with E-state index < -0.39 is 17.8 Å². The zero-order chi connectivity index (χ0) is 23.4. The van der Waals surface area contributed by atoms with Gasteiger partial charge >= 0.3 is 5.97 Å². The van der Waals surface area contributed by atoms with Gasteiger partial charge in [0.05, 0.1) is 46.7 Å². The Labute approximate surface area is 197 Å². The van der Waals surface area contributed by atoms with E-state index in [9.17, 15) is 14.3 Å². The number of benzene rings is 2. The third-order valence-electron chi connectivity index (χ3n) is 4.85. The van der Waals surface area contributed by atoms with Crippen LogP contribution in [-0.4, -0.2) is 34.3 Å². The highest BCUT2D eigenvalue weighted by Crippen LogP contribution is 2.35. The summed E-state index contributed by atoms with van der Waals surface area (Å²) in [5, 5.41) is 22.0. The van der Waals surface area contributed by atoms with Crippen molar-refractivity contribution in [1.29, 1.82) is 5.26 Å². The van der Waals surface area contributed by atoms with E-state index in [0.29, 0.717) is 15.9 Å². The molecule has 2 atom stereocenters. The van der Waals surface area contributed by atoms with Crippen molar-refractivity contribution in [2.45, 2.75) is 19.0 Å². The first-order valence-electron chi connectivity index (χ1n) is 9.48. The molecule has 0 aliphatic heterocycles. The smallest absolute Gasteiger partial charge is 0.356 e. The largest absolute Gasteiger partial charge is 0.476 e. The molecule has 0 aliphatic rings. The first-order chi connectivity index (χ1) is 15.3. The molecule has 0 amide bonds. The molecular weight excluding hydrogens is 503 g/mol. The van der Waals surface area contributed by atoms with Crippen LogP contribution in [0.3, 0.4) is 0 Å². The summed E-state index contributed by atoms with van der Waals surface area (Å²) in [6.07, 6.45) is 0. The quantitative estimate of drug-likeness (QED) is 0.411. The zero-order valence-electron chi connectivity index (χ0n) is 17.1. The van der Waals surface area contributed by atoms with Gasteiger partial charge in [-0.05, 0) is 52.7 Å². The van der Waals surface area contributed by atoms with Crippen molar-refractivity contribution < 1.29 is 19.0 Å². The first-order valence-corrected chi connectivity index (χ1v) is 10.7. The number of carboxylic acid groups (broad SMARTS) is 1. The van der Waals surface area contributed by atoms with Crippen LogP contribution in [0.1, 0.15) is 46.3 Å². The van der Waals surface area contributed by atoms with E-state index in [1.54, 1.807) is 34.9 Å². The molecule has 0 fully saturated rings. The number of anilines is 1. The second-order valence-electron chi connectivity index (χ2n) is 7.01. The van der Waals surface area contributed by atoms with Crippen LogP contribution in [0.2, 0.25) is 5.02 Å². The third-order valence-corrected chi connectivity index (χ3v) is 5.71. The van der Waals surface area contributed by atoms with Crippen LogP contribution in [0, 0.1) is 17.1 Å². The first kappa shape index (κ1) is 23.7. The Kier molecular flexibility index (Phi) is 7.51. The van der Waals surface area contributed by atoms with Gasteiger partial charge in [0.15, 0.2) is 16.2 Å². The summed E-state index contributed by atoms with van der Waals surface area (Å²) in [7, 11) is 1.54. The van der Waals surface area contributed by atoms with Crippen molar-refractivity contribution in [3.63, 3.8) is 0 Å². The predicted molar refractivity (Wildman–Crippen MR) is 122 cm³/mol. The summed E-state index contributed by atoms with van der Waals surface area (Å²) < 4.78 is 22.0. The van der Waals surface area contributed by atoms with E-state index in [0.717, 1.165) is 0 Å². The molecule has 2 N–H and O–H groups in total. The van der Waals surface area contributed by atoms with Crippen LogP contribution in [0.4, 0.5) is 10.1 Å². The summed E-state index contributed by atoms with van der Waals surface area (Å²) in [5.41, 5.74) is 1.21. The summed E-state index contributed by atoms with van der Waals surface area (Å²) in [6, 6.07) is 12.0. The van der Waals surface area contributed by atoms with Crippen molar-refractivity contribution in [2.24, 2.45) is 0 Å². The van der Waals surface area contributed by atoms with Crippen LogP contribution in [0.25, 0.3) is 0 Å². The van der Waals surface area contributed by atoms with Gasteiger partial charge in [0.2, 0.25) is 0 Å². The highest BCUT2D eigenvalue weighted by molar-refractivity contribution is 9.10. The van der Waals surface area contributed by atoms with Crippen molar-refractivity contribution in [3.8, 4) is 6.07 Å². The summed E-state index contributed by atoms with van der Waals surface area (Å²) in [4.78, 5) is 16.3. The number of carboxylic acids is 1. The number of rotatable bonds is 8. The van der Waals surface area contributed by atoms with Gasteiger partial charge in [-0.2, -0.15) is 5.26 Å². The molecule has 1 heterocycles. The fraction of sp³-hybridized carbons (Fsp3) is 0.227. The molecule has 3 rings (SSSR count). The molecule has 0 spiro atoms. The van der Waals surface area contributed by atoms with Crippen LogP contribution >= 0.6 is 27.5 Å². The van der Waals surface area contributed by atoms with Gasteiger partial charge < -0.3 is 19.7 Å². The number of ether oxygens (including phenoxy) is 1. The Morgan fingerprint density at radius 3 is 2.66 bits per heavy atom. The van der Waals surface area contributed by atoms with Crippen molar-refractivity contribution in [3.05, 3.63) is 80.6 Å². The van der Waals surface area contributed by atoms with E-state index in [-0.39, 0.29) is 34.7 Å². The minimum absolute atomic E-state index is 0.0746. The van der Waals surface area contributed by atoms with Gasteiger partial charge in [-0.1, -0.05) is 29.8 Å². The van der Waals surface area contributed by atoms with Crippen molar-refractivity contribution in [2.75, 3.05) is 19.0 Å². The van der Waals surface area contributed by atoms with Crippen molar-refractivity contribution >= 4 is 39.2 Å². The van der Waals surface area contributed by atoms with Gasteiger partial charge in [0, 0.05) is 7.11 Å². The molecule has 0 radical (unpaired) electrons. The lowest BCUT2D eigenvalue weighted by molar-refractivity contribution is 0.0689. The third kappa shape index (κ3) is 4.78. The number of nitrogens with one attached hydrogen (secondary N) is 1. The zero-order valence-corrected chi connectivity index (χ0v) is 19.5. The van der Waals surface area contributed by atoms with E-state index in [1.807, 2.05) is 13.0 Å². The van der Waals surface area contributed by atoms with E-state index in [1.165, 1.54) is 19.2 Å². The van der Waals surface area contributed by atoms with E-state index in [2.05, 4.69) is 26.2 Å². The van der Waals surface area contributed by atoms with Gasteiger partial charge in [0.25, 0.3) is 0 Å². The molecule has 2 unspecified atom stereocenters. The number of hydrogen-bond donors (Lipinski definition) is 2. The maximum Gasteiger partial charge on any atom is 0.356 e. The van der Waals surface area contributed by atoms with E-state index in [4.69, 9.17) is 21.6 Å². The van der Waals surface area contributed by atoms with Gasteiger partial charge in [-0.3, -0.25) is 0 Å². The SMILES string of the molecule is COCC(C)n1c(Br)nc(C(=O)O)c1C(Nc1cccc(Cl)c1F)c1ccc(C#N)cc1. The van der Waals surface area contributed by atoms with E-state index >= 15 is 0 Å².